The lowest BCUT2D eigenvalue weighted by atomic mass is 9.85. The Hall–Kier alpha value is -0.410. The summed E-state index contributed by atoms with van der Waals surface area (Å²) in [7, 11) is 0. The van der Waals surface area contributed by atoms with Crippen molar-refractivity contribution in [2.24, 2.45) is 11.8 Å². The molecule has 112 valence electrons. The molecule has 1 N–H and O–H groups in total. The number of rotatable bonds is 7. The first kappa shape index (κ1) is 16.0. The van der Waals surface area contributed by atoms with Crippen molar-refractivity contribution >= 4 is 15.9 Å². The van der Waals surface area contributed by atoms with Crippen molar-refractivity contribution in [3.63, 3.8) is 0 Å². The summed E-state index contributed by atoms with van der Waals surface area (Å²) in [6, 6.07) is 5.04. The molecule has 1 unspecified atom stereocenters. The average Bonchev–Trinajstić information content (AvgIpc) is 2.96. The van der Waals surface area contributed by atoms with Gasteiger partial charge in [0, 0.05) is 4.47 Å². The molecule has 1 aliphatic carbocycles. The Morgan fingerprint density at radius 1 is 1.35 bits per heavy atom. The van der Waals surface area contributed by atoms with Crippen molar-refractivity contribution < 1.29 is 4.39 Å². The summed E-state index contributed by atoms with van der Waals surface area (Å²) in [5.74, 6) is 1.30. The fourth-order valence-electron chi connectivity index (χ4n) is 3.28. The van der Waals surface area contributed by atoms with E-state index in [1.54, 1.807) is 6.07 Å². The molecular formula is C17H25BrFN. The summed E-state index contributed by atoms with van der Waals surface area (Å²) in [5, 5.41) is 3.56. The monoisotopic (exact) mass is 341 g/mol. The van der Waals surface area contributed by atoms with E-state index in [1.807, 2.05) is 6.07 Å². The highest BCUT2D eigenvalue weighted by Crippen LogP contribution is 2.34. The van der Waals surface area contributed by atoms with Gasteiger partial charge < -0.3 is 5.32 Å². The Bertz CT molecular complexity index is 415. The first-order valence-corrected chi connectivity index (χ1v) is 8.64. The van der Waals surface area contributed by atoms with Crippen molar-refractivity contribution in [2.45, 2.75) is 45.4 Å². The fraction of sp³-hybridized carbons (Fsp3) is 0.647. The molecule has 0 aromatic heterocycles. The maximum Gasteiger partial charge on any atom is 0.123 e. The SMILES string of the molecule is CCCNCC(Cc1cc(F)ccc1Br)C1CCCC1. The Morgan fingerprint density at radius 3 is 2.80 bits per heavy atom. The van der Waals surface area contributed by atoms with Gasteiger partial charge in [-0.3, -0.25) is 0 Å². The molecular weight excluding hydrogens is 317 g/mol. The van der Waals surface area contributed by atoms with Gasteiger partial charge in [-0.25, -0.2) is 4.39 Å². The van der Waals surface area contributed by atoms with Crippen molar-refractivity contribution in [1.29, 1.82) is 0 Å². The summed E-state index contributed by atoms with van der Waals surface area (Å²) in [6.45, 7) is 4.33. The van der Waals surface area contributed by atoms with Crippen LogP contribution in [-0.2, 0) is 6.42 Å². The zero-order chi connectivity index (χ0) is 14.4. The molecule has 1 saturated carbocycles. The molecule has 1 aromatic rings. The molecule has 0 bridgehead atoms. The van der Waals surface area contributed by atoms with E-state index in [4.69, 9.17) is 0 Å². The van der Waals surface area contributed by atoms with Crippen LogP contribution >= 0.6 is 15.9 Å². The van der Waals surface area contributed by atoms with E-state index in [1.165, 1.54) is 38.2 Å². The molecule has 0 spiro atoms. The summed E-state index contributed by atoms with van der Waals surface area (Å²) in [5.41, 5.74) is 1.11. The molecule has 0 aliphatic heterocycles. The maximum absolute atomic E-state index is 13.4. The number of nitrogens with one attached hydrogen (secondary N) is 1. The van der Waals surface area contributed by atoms with Crippen molar-refractivity contribution in [3.8, 4) is 0 Å². The highest BCUT2D eigenvalue weighted by molar-refractivity contribution is 9.10. The highest BCUT2D eigenvalue weighted by Gasteiger charge is 2.25. The van der Waals surface area contributed by atoms with Gasteiger partial charge >= 0.3 is 0 Å². The van der Waals surface area contributed by atoms with Crippen LogP contribution in [0.5, 0.6) is 0 Å². The molecule has 0 heterocycles. The molecule has 0 amide bonds. The molecule has 1 aromatic carbocycles. The van der Waals surface area contributed by atoms with Crippen LogP contribution in [0.2, 0.25) is 0 Å². The minimum absolute atomic E-state index is 0.130. The summed E-state index contributed by atoms with van der Waals surface area (Å²) in [6.07, 6.45) is 7.54. The Kier molecular flexibility index (Phi) is 6.50. The second kappa shape index (κ2) is 8.14. The second-order valence-corrected chi connectivity index (χ2v) is 6.80. The Labute approximate surface area is 130 Å². The van der Waals surface area contributed by atoms with E-state index in [-0.39, 0.29) is 5.82 Å². The molecule has 20 heavy (non-hydrogen) atoms. The van der Waals surface area contributed by atoms with E-state index in [2.05, 4.69) is 28.2 Å². The van der Waals surface area contributed by atoms with Gasteiger partial charge in [0.05, 0.1) is 0 Å². The van der Waals surface area contributed by atoms with E-state index in [9.17, 15) is 4.39 Å². The number of benzene rings is 1. The van der Waals surface area contributed by atoms with Gasteiger partial charge in [-0.15, -0.1) is 0 Å². The van der Waals surface area contributed by atoms with Crippen molar-refractivity contribution in [3.05, 3.63) is 34.1 Å². The van der Waals surface area contributed by atoms with E-state index >= 15 is 0 Å². The van der Waals surface area contributed by atoms with Crippen LogP contribution in [0.4, 0.5) is 4.39 Å². The van der Waals surface area contributed by atoms with E-state index in [0.717, 1.165) is 35.5 Å². The van der Waals surface area contributed by atoms with Crippen molar-refractivity contribution in [1.82, 2.24) is 5.32 Å². The maximum atomic E-state index is 13.4. The van der Waals surface area contributed by atoms with E-state index < -0.39 is 0 Å². The first-order chi connectivity index (χ1) is 9.70. The molecule has 1 fully saturated rings. The van der Waals surface area contributed by atoms with Crippen LogP contribution in [0.25, 0.3) is 0 Å². The lowest BCUT2D eigenvalue weighted by Crippen LogP contribution is -2.29. The van der Waals surface area contributed by atoms with Gasteiger partial charge in [-0.2, -0.15) is 0 Å². The third-order valence-electron chi connectivity index (χ3n) is 4.39. The summed E-state index contributed by atoms with van der Waals surface area (Å²) in [4.78, 5) is 0. The quantitative estimate of drug-likeness (QED) is 0.693. The van der Waals surface area contributed by atoms with Gasteiger partial charge in [0.15, 0.2) is 0 Å². The molecule has 0 saturated heterocycles. The minimum Gasteiger partial charge on any atom is -0.316 e. The van der Waals surface area contributed by atoms with Crippen LogP contribution in [0.15, 0.2) is 22.7 Å². The smallest absolute Gasteiger partial charge is 0.123 e. The molecule has 2 rings (SSSR count). The zero-order valence-electron chi connectivity index (χ0n) is 12.3. The summed E-state index contributed by atoms with van der Waals surface area (Å²) >= 11 is 3.56. The van der Waals surface area contributed by atoms with Gasteiger partial charge in [0.25, 0.3) is 0 Å². The van der Waals surface area contributed by atoms with Crippen LogP contribution < -0.4 is 5.32 Å². The van der Waals surface area contributed by atoms with Gasteiger partial charge in [0.2, 0.25) is 0 Å². The largest absolute Gasteiger partial charge is 0.316 e. The third kappa shape index (κ3) is 4.56. The first-order valence-electron chi connectivity index (χ1n) is 7.85. The Morgan fingerprint density at radius 2 is 2.10 bits per heavy atom. The predicted molar refractivity (Wildman–Crippen MR) is 86.4 cm³/mol. The van der Waals surface area contributed by atoms with Crippen LogP contribution in [0.1, 0.15) is 44.6 Å². The molecule has 1 nitrogen and oxygen atoms in total. The second-order valence-electron chi connectivity index (χ2n) is 5.95. The average molecular weight is 342 g/mol. The van der Waals surface area contributed by atoms with Crippen molar-refractivity contribution in [2.75, 3.05) is 13.1 Å². The number of halogens is 2. The standard InChI is InChI=1S/C17H25BrFN/c1-2-9-20-12-15(13-5-3-4-6-13)10-14-11-16(19)7-8-17(14)18/h7-8,11,13,15,20H,2-6,9-10,12H2,1H3. The Balaban J connectivity index is 2.03. The lowest BCUT2D eigenvalue weighted by molar-refractivity contribution is 0.320. The van der Waals surface area contributed by atoms with Crippen LogP contribution in [0, 0.1) is 17.7 Å². The predicted octanol–water partition coefficient (Wildman–Crippen LogP) is 4.94. The summed E-state index contributed by atoms with van der Waals surface area (Å²) < 4.78 is 14.5. The zero-order valence-corrected chi connectivity index (χ0v) is 13.9. The van der Waals surface area contributed by atoms with Crippen LogP contribution in [-0.4, -0.2) is 13.1 Å². The third-order valence-corrected chi connectivity index (χ3v) is 5.16. The lowest BCUT2D eigenvalue weighted by Gasteiger charge is -2.24. The fourth-order valence-corrected chi connectivity index (χ4v) is 3.69. The molecule has 3 heteroatoms. The highest BCUT2D eigenvalue weighted by atomic mass is 79.9. The topological polar surface area (TPSA) is 12.0 Å². The van der Waals surface area contributed by atoms with Gasteiger partial charge in [-0.05, 0) is 61.5 Å². The normalized spacial score (nSPS) is 17.6. The van der Waals surface area contributed by atoms with Gasteiger partial charge in [0.1, 0.15) is 5.82 Å². The van der Waals surface area contributed by atoms with Crippen LogP contribution in [0.3, 0.4) is 0 Å². The minimum atomic E-state index is -0.130. The molecule has 1 aliphatic rings. The number of hydrogen-bond acceptors (Lipinski definition) is 1. The number of hydrogen-bond donors (Lipinski definition) is 1. The molecule has 0 radical (unpaired) electrons. The molecule has 1 atom stereocenters. The van der Waals surface area contributed by atoms with E-state index in [0.29, 0.717) is 5.92 Å². The van der Waals surface area contributed by atoms with Gasteiger partial charge in [-0.1, -0.05) is 48.5 Å².